The zero-order valence-electron chi connectivity index (χ0n) is 11.6. The zero-order chi connectivity index (χ0) is 14.5. The predicted molar refractivity (Wildman–Crippen MR) is 82.1 cm³/mol. The average molecular weight is 297 g/mol. The van der Waals surface area contributed by atoms with Gasteiger partial charge in [0.15, 0.2) is 5.01 Å². The molecule has 21 heavy (non-hydrogen) atoms. The minimum atomic E-state index is 0.0816. The summed E-state index contributed by atoms with van der Waals surface area (Å²) in [6.07, 6.45) is 6.74. The number of rotatable bonds is 1. The number of hydrogen-bond donors (Lipinski definition) is 0. The number of amides is 1. The number of pyridine rings is 1. The van der Waals surface area contributed by atoms with E-state index in [2.05, 4.69) is 21.8 Å². The van der Waals surface area contributed by atoms with E-state index < -0.39 is 0 Å². The van der Waals surface area contributed by atoms with Crippen LogP contribution in [-0.4, -0.2) is 33.9 Å². The van der Waals surface area contributed by atoms with Gasteiger partial charge in [-0.15, -0.1) is 11.3 Å². The summed E-state index contributed by atoms with van der Waals surface area (Å²) in [5, 5.41) is 0.654. The lowest BCUT2D eigenvalue weighted by molar-refractivity contribution is 0.0729. The summed E-state index contributed by atoms with van der Waals surface area (Å²) in [5.41, 5.74) is 0.705. The van der Waals surface area contributed by atoms with Crippen LogP contribution in [0.4, 0.5) is 0 Å². The molecule has 5 heteroatoms. The molecule has 4 nitrogen and oxygen atoms in total. The predicted octanol–water partition coefficient (Wildman–Crippen LogP) is 2.56. The minimum absolute atomic E-state index is 0.0816. The molecule has 1 aliphatic rings. The number of nitrogens with zero attached hydrogens (tertiary/aromatic N) is 3. The molecule has 0 radical (unpaired) electrons. The van der Waals surface area contributed by atoms with Crippen LogP contribution in [0.15, 0.2) is 30.6 Å². The lowest BCUT2D eigenvalue weighted by Gasteiger charge is -2.25. The van der Waals surface area contributed by atoms with Crippen molar-refractivity contribution in [2.24, 2.45) is 0 Å². The number of carbonyl (C=O) groups excluding carboxylic acids is 1. The fourth-order valence-electron chi connectivity index (χ4n) is 2.24. The second-order valence-electron chi connectivity index (χ2n) is 4.85. The van der Waals surface area contributed by atoms with Crippen molar-refractivity contribution >= 4 is 17.2 Å². The van der Waals surface area contributed by atoms with Gasteiger partial charge in [0.2, 0.25) is 0 Å². The van der Waals surface area contributed by atoms with E-state index >= 15 is 0 Å². The number of carbonyl (C=O) groups is 1. The van der Waals surface area contributed by atoms with Gasteiger partial charge in [0.05, 0.1) is 6.20 Å². The normalized spacial score (nSPS) is 14.4. The van der Waals surface area contributed by atoms with Crippen LogP contribution in [0.1, 0.15) is 39.6 Å². The fraction of sp³-hybridized carbons (Fsp3) is 0.312. The molecular formula is C16H15N3OS. The van der Waals surface area contributed by atoms with Crippen molar-refractivity contribution in [2.75, 3.05) is 13.1 Å². The van der Waals surface area contributed by atoms with Gasteiger partial charge in [-0.05, 0) is 43.2 Å². The van der Waals surface area contributed by atoms with E-state index in [-0.39, 0.29) is 5.91 Å². The largest absolute Gasteiger partial charge is 0.338 e. The number of piperidine rings is 1. The molecule has 0 N–H and O–H groups in total. The van der Waals surface area contributed by atoms with E-state index in [1.165, 1.54) is 17.8 Å². The molecule has 3 heterocycles. The molecule has 0 unspecified atom stereocenters. The van der Waals surface area contributed by atoms with Gasteiger partial charge >= 0.3 is 0 Å². The highest BCUT2D eigenvalue weighted by molar-refractivity contribution is 7.14. The summed E-state index contributed by atoms with van der Waals surface area (Å²) in [6, 6.07) is 5.59. The van der Waals surface area contributed by atoms with E-state index in [1.807, 2.05) is 23.1 Å². The van der Waals surface area contributed by atoms with Gasteiger partial charge in [-0.1, -0.05) is 6.07 Å². The molecule has 1 fully saturated rings. The van der Waals surface area contributed by atoms with E-state index in [0.717, 1.165) is 25.9 Å². The van der Waals surface area contributed by atoms with Crippen molar-refractivity contribution in [3.63, 3.8) is 0 Å². The van der Waals surface area contributed by atoms with Gasteiger partial charge in [0, 0.05) is 19.3 Å². The Morgan fingerprint density at radius 2 is 2.00 bits per heavy atom. The molecular weight excluding hydrogens is 282 g/mol. The van der Waals surface area contributed by atoms with Gasteiger partial charge in [0.25, 0.3) is 5.91 Å². The van der Waals surface area contributed by atoms with Gasteiger partial charge in [0.1, 0.15) is 10.6 Å². The summed E-state index contributed by atoms with van der Waals surface area (Å²) in [7, 11) is 0. The quantitative estimate of drug-likeness (QED) is 0.760. The highest BCUT2D eigenvalue weighted by atomic mass is 32.1. The summed E-state index contributed by atoms with van der Waals surface area (Å²) in [5.74, 6) is 6.00. The molecule has 0 aliphatic carbocycles. The molecule has 0 saturated carbocycles. The molecule has 1 amide bonds. The van der Waals surface area contributed by atoms with Crippen LogP contribution in [0.2, 0.25) is 0 Å². The second-order valence-corrected chi connectivity index (χ2v) is 5.88. The highest BCUT2D eigenvalue weighted by Gasteiger charge is 2.19. The van der Waals surface area contributed by atoms with Crippen molar-refractivity contribution in [1.82, 2.24) is 14.9 Å². The molecule has 1 saturated heterocycles. The zero-order valence-corrected chi connectivity index (χ0v) is 12.4. The Bertz CT molecular complexity index is 678. The van der Waals surface area contributed by atoms with Crippen LogP contribution in [0, 0.1) is 11.8 Å². The standard InChI is InChI=1S/C16H15N3OS/c20-16(19-10-4-1-5-11-19)14-12-18-15(21-14)8-7-13-6-2-3-9-17-13/h2-3,6,9,12H,1,4-5,10-11H2. The van der Waals surface area contributed by atoms with Gasteiger partial charge in [-0.3, -0.25) is 4.79 Å². The van der Waals surface area contributed by atoms with Crippen LogP contribution in [0.5, 0.6) is 0 Å². The van der Waals surface area contributed by atoms with Gasteiger partial charge in [-0.25, -0.2) is 9.97 Å². The Hall–Kier alpha value is -2.19. The number of hydrogen-bond acceptors (Lipinski definition) is 4. The number of likely N-dealkylation sites (tertiary alicyclic amines) is 1. The van der Waals surface area contributed by atoms with Crippen LogP contribution in [-0.2, 0) is 0 Å². The molecule has 3 rings (SSSR count). The second kappa shape index (κ2) is 6.51. The molecule has 2 aromatic heterocycles. The van der Waals surface area contributed by atoms with Gasteiger partial charge in [-0.2, -0.15) is 0 Å². The van der Waals surface area contributed by atoms with Crippen LogP contribution < -0.4 is 0 Å². The SMILES string of the molecule is O=C(c1cnc(C#Cc2ccccn2)s1)N1CCCCC1. The lowest BCUT2D eigenvalue weighted by Crippen LogP contribution is -2.35. The number of thiazole rings is 1. The van der Waals surface area contributed by atoms with Crippen molar-refractivity contribution in [3.05, 3.63) is 46.2 Å². The van der Waals surface area contributed by atoms with Crippen LogP contribution in [0.3, 0.4) is 0 Å². The lowest BCUT2D eigenvalue weighted by atomic mass is 10.1. The highest BCUT2D eigenvalue weighted by Crippen LogP contribution is 2.17. The monoisotopic (exact) mass is 297 g/mol. The molecule has 106 valence electrons. The molecule has 0 atom stereocenters. The Morgan fingerprint density at radius 1 is 1.14 bits per heavy atom. The summed E-state index contributed by atoms with van der Waals surface area (Å²) >= 11 is 1.35. The first-order chi connectivity index (χ1) is 10.3. The first kappa shape index (κ1) is 13.8. The van der Waals surface area contributed by atoms with Crippen molar-refractivity contribution < 1.29 is 4.79 Å². The molecule has 0 spiro atoms. The van der Waals surface area contributed by atoms with E-state index in [4.69, 9.17) is 0 Å². The third-order valence-corrected chi connectivity index (χ3v) is 4.22. The molecule has 0 aromatic carbocycles. The fourth-order valence-corrected chi connectivity index (χ4v) is 2.98. The Morgan fingerprint density at radius 3 is 2.76 bits per heavy atom. The summed E-state index contributed by atoms with van der Waals surface area (Å²) in [6.45, 7) is 1.71. The molecule has 0 bridgehead atoms. The smallest absolute Gasteiger partial charge is 0.265 e. The van der Waals surface area contributed by atoms with Gasteiger partial charge < -0.3 is 4.90 Å². The third-order valence-electron chi connectivity index (χ3n) is 3.32. The minimum Gasteiger partial charge on any atom is -0.338 e. The Balaban J connectivity index is 1.71. The summed E-state index contributed by atoms with van der Waals surface area (Å²) < 4.78 is 0. The Kier molecular flexibility index (Phi) is 4.27. The molecule has 2 aromatic rings. The first-order valence-electron chi connectivity index (χ1n) is 7.01. The van der Waals surface area contributed by atoms with Crippen molar-refractivity contribution in [2.45, 2.75) is 19.3 Å². The number of aromatic nitrogens is 2. The first-order valence-corrected chi connectivity index (χ1v) is 7.83. The van der Waals surface area contributed by atoms with E-state index in [9.17, 15) is 4.79 Å². The topological polar surface area (TPSA) is 46.1 Å². The maximum Gasteiger partial charge on any atom is 0.265 e. The van der Waals surface area contributed by atoms with Crippen molar-refractivity contribution in [3.8, 4) is 11.8 Å². The van der Waals surface area contributed by atoms with E-state index in [1.54, 1.807) is 12.4 Å². The summed E-state index contributed by atoms with van der Waals surface area (Å²) in [4.78, 5) is 23.3. The average Bonchev–Trinajstić information content (AvgIpc) is 3.03. The van der Waals surface area contributed by atoms with Crippen LogP contribution in [0.25, 0.3) is 0 Å². The molecule has 1 aliphatic heterocycles. The maximum atomic E-state index is 12.3. The van der Waals surface area contributed by atoms with E-state index in [0.29, 0.717) is 15.6 Å². The Labute approximate surface area is 127 Å². The van der Waals surface area contributed by atoms with Crippen LogP contribution >= 0.6 is 11.3 Å². The van der Waals surface area contributed by atoms with Crippen molar-refractivity contribution in [1.29, 1.82) is 0 Å². The maximum absolute atomic E-state index is 12.3. The third kappa shape index (κ3) is 3.47.